The molecule has 0 aliphatic carbocycles. The molecule has 21 heavy (non-hydrogen) atoms. The molecule has 2 rings (SSSR count). The maximum atomic E-state index is 4.30. The summed E-state index contributed by atoms with van der Waals surface area (Å²) in [5.41, 5.74) is 7.19. The fourth-order valence-electron chi connectivity index (χ4n) is 2.62. The fraction of sp³-hybridized carbons (Fsp3) is 0.444. The van der Waals surface area contributed by atoms with Crippen molar-refractivity contribution in [2.45, 2.75) is 47.1 Å². The van der Waals surface area contributed by atoms with Gasteiger partial charge in [0, 0.05) is 0 Å². The van der Waals surface area contributed by atoms with Crippen molar-refractivity contribution < 1.29 is 0 Å². The van der Waals surface area contributed by atoms with E-state index < -0.39 is 0 Å². The summed E-state index contributed by atoms with van der Waals surface area (Å²) in [6, 6.07) is 8.84. The maximum absolute atomic E-state index is 4.30. The van der Waals surface area contributed by atoms with Gasteiger partial charge in [0.15, 0.2) is 0 Å². The molecule has 1 atom stereocenters. The molecular formula is C18H25N3. The van der Waals surface area contributed by atoms with Crippen LogP contribution >= 0.6 is 0 Å². The van der Waals surface area contributed by atoms with Gasteiger partial charge in [-0.25, -0.2) is 0 Å². The van der Waals surface area contributed by atoms with E-state index >= 15 is 0 Å². The molecule has 1 N–H and O–H groups in total. The zero-order valence-corrected chi connectivity index (χ0v) is 13.7. The van der Waals surface area contributed by atoms with Gasteiger partial charge in [-0.05, 0) is 69.0 Å². The van der Waals surface area contributed by atoms with Gasteiger partial charge >= 0.3 is 0 Å². The zero-order valence-electron chi connectivity index (χ0n) is 13.7. The normalized spacial score (nSPS) is 12.4. The monoisotopic (exact) mass is 283 g/mol. The first-order chi connectivity index (χ1) is 10.0. The van der Waals surface area contributed by atoms with Crippen LogP contribution in [-0.2, 0) is 0 Å². The van der Waals surface area contributed by atoms with E-state index in [1.165, 1.54) is 22.3 Å². The SMILES string of the molecule is CCCNC(c1cc(C)nnc1C)c1cccc(C)c1C. The van der Waals surface area contributed by atoms with Crippen LogP contribution in [0.2, 0.25) is 0 Å². The molecule has 1 unspecified atom stereocenters. The van der Waals surface area contributed by atoms with Crippen molar-refractivity contribution in [2.24, 2.45) is 0 Å². The second-order valence-electron chi connectivity index (χ2n) is 5.70. The van der Waals surface area contributed by atoms with Crippen LogP contribution in [0.5, 0.6) is 0 Å². The van der Waals surface area contributed by atoms with E-state index in [9.17, 15) is 0 Å². The number of aromatic nitrogens is 2. The van der Waals surface area contributed by atoms with Gasteiger partial charge in [0.2, 0.25) is 0 Å². The van der Waals surface area contributed by atoms with E-state index in [1.54, 1.807) is 0 Å². The highest BCUT2D eigenvalue weighted by Gasteiger charge is 2.19. The van der Waals surface area contributed by atoms with Gasteiger partial charge in [0.25, 0.3) is 0 Å². The van der Waals surface area contributed by atoms with Crippen molar-refractivity contribution in [3.8, 4) is 0 Å². The van der Waals surface area contributed by atoms with Gasteiger partial charge in [0.05, 0.1) is 17.4 Å². The summed E-state index contributed by atoms with van der Waals surface area (Å²) >= 11 is 0. The Balaban J connectivity index is 2.52. The highest BCUT2D eigenvalue weighted by Crippen LogP contribution is 2.28. The standard InChI is InChI=1S/C18H25N3/c1-6-10-19-18(16-9-7-8-12(2)14(16)4)17-11-13(3)20-21-15(17)5/h7-9,11,18-19H,6,10H2,1-5H3. The summed E-state index contributed by atoms with van der Waals surface area (Å²) in [5, 5.41) is 12.1. The van der Waals surface area contributed by atoms with Crippen LogP contribution in [0.15, 0.2) is 24.3 Å². The molecule has 1 aromatic carbocycles. The predicted molar refractivity (Wildman–Crippen MR) is 87.6 cm³/mol. The Kier molecular flexibility index (Phi) is 5.07. The number of benzene rings is 1. The summed E-state index contributed by atoms with van der Waals surface area (Å²) in [6.45, 7) is 11.6. The van der Waals surface area contributed by atoms with Gasteiger partial charge in [-0.15, -0.1) is 0 Å². The lowest BCUT2D eigenvalue weighted by atomic mass is 9.92. The molecule has 0 aliphatic heterocycles. The highest BCUT2D eigenvalue weighted by molar-refractivity contribution is 5.41. The second kappa shape index (κ2) is 6.81. The van der Waals surface area contributed by atoms with Crippen molar-refractivity contribution in [1.82, 2.24) is 15.5 Å². The van der Waals surface area contributed by atoms with E-state index in [0.717, 1.165) is 24.4 Å². The van der Waals surface area contributed by atoms with Crippen molar-refractivity contribution in [3.63, 3.8) is 0 Å². The molecule has 3 heteroatoms. The van der Waals surface area contributed by atoms with Gasteiger partial charge in [0.1, 0.15) is 0 Å². The van der Waals surface area contributed by atoms with E-state index in [4.69, 9.17) is 0 Å². The van der Waals surface area contributed by atoms with Crippen LogP contribution < -0.4 is 5.32 Å². The first kappa shape index (κ1) is 15.6. The molecule has 0 fully saturated rings. The molecule has 112 valence electrons. The number of rotatable bonds is 5. The molecular weight excluding hydrogens is 258 g/mol. The van der Waals surface area contributed by atoms with Crippen molar-refractivity contribution in [1.29, 1.82) is 0 Å². The lowest BCUT2D eigenvalue weighted by Crippen LogP contribution is -2.25. The van der Waals surface area contributed by atoms with Gasteiger partial charge in [-0.3, -0.25) is 0 Å². The third-order valence-corrected chi connectivity index (χ3v) is 4.01. The van der Waals surface area contributed by atoms with Crippen LogP contribution in [-0.4, -0.2) is 16.7 Å². The topological polar surface area (TPSA) is 37.8 Å². The molecule has 2 aromatic rings. The minimum absolute atomic E-state index is 0.180. The largest absolute Gasteiger partial charge is 0.306 e. The van der Waals surface area contributed by atoms with Gasteiger partial charge < -0.3 is 5.32 Å². The number of aryl methyl sites for hydroxylation is 3. The molecule has 0 saturated heterocycles. The summed E-state index contributed by atoms with van der Waals surface area (Å²) in [4.78, 5) is 0. The van der Waals surface area contributed by atoms with Crippen LogP contribution in [0.4, 0.5) is 0 Å². The molecule has 0 bridgehead atoms. The Labute approximate surface area is 127 Å². The zero-order chi connectivity index (χ0) is 15.4. The quantitative estimate of drug-likeness (QED) is 0.907. The molecule has 1 heterocycles. The number of hydrogen-bond donors (Lipinski definition) is 1. The predicted octanol–water partition coefficient (Wildman–Crippen LogP) is 3.80. The lowest BCUT2D eigenvalue weighted by molar-refractivity contribution is 0.588. The third-order valence-electron chi connectivity index (χ3n) is 4.01. The van der Waals surface area contributed by atoms with E-state index in [0.29, 0.717) is 0 Å². The van der Waals surface area contributed by atoms with Crippen molar-refractivity contribution in [2.75, 3.05) is 6.54 Å². The fourth-order valence-corrected chi connectivity index (χ4v) is 2.62. The summed E-state index contributed by atoms with van der Waals surface area (Å²) in [7, 11) is 0. The Morgan fingerprint density at radius 2 is 1.81 bits per heavy atom. The minimum atomic E-state index is 0.180. The maximum Gasteiger partial charge on any atom is 0.0651 e. The highest BCUT2D eigenvalue weighted by atomic mass is 15.1. The Hall–Kier alpha value is -1.74. The van der Waals surface area contributed by atoms with E-state index in [-0.39, 0.29) is 6.04 Å². The van der Waals surface area contributed by atoms with Crippen LogP contribution in [0.3, 0.4) is 0 Å². The molecule has 0 amide bonds. The third kappa shape index (κ3) is 3.48. The second-order valence-corrected chi connectivity index (χ2v) is 5.70. The van der Waals surface area contributed by atoms with Gasteiger partial charge in [-0.1, -0.05) is 25.1 Å². The average Bonchev–Trinajstić information content (AvgIpc) is 2.47. The summed E-state index contributed by atoms with van der Waals surface area (Å²) in [6.07, 6.45) is 1.11. The molecule has 0 saturated carbocycles. The first-order valence-corrected chi connectivity index (χ1v) is 7.65. The molecule has 0 radical (unpaired) electrons. The average molecular weight is 283 g/mol. The van der Waals surface area contributed by atoms with Crippen LogP contribution in [0, 0.1) is 27.7 Å². The van der Waals surface area contributed by atoms with Crippen molar-refractivity contribution >= 4 is 0 Å². The number of nitrogens with one attached hydrogen (secondary N) is 1. The van der Waals surface area contributed by atoms with Crippen LogP contribution in [0.25, 0.3) is 0 Å². The van der Waals surface area contributed by atoms with Gasteiger partial charge in [-0.2, -0.15) is 10.2 Å². The van der Waals surface area contributed by atoms with E-state index in [2.05, 4.69) is 60.6 Å². The minimum Gasteiger partial charge on any atom is -0.306 e. The summed E-state index contributed by atoms with van der Waals surface area (Å²) < 4.78 is 0. The Morgan fingerprint density at radius 1 is 1.05 bits per heavy atom. The first-order valence-electron chi connectivity index (χ1n) is 7.65. The molecule has 0 spiro atoms. The Bertz CT molecular complexity index is 618. The molecule has 3 nitrogen and oxygen atoms in total. The smallest absolute Gasteiger partial charge is 0.0651 e. The Morgan fingerprint density at radius 3 is 2.52 bits per heavy atom. The molecule has 0 aliphatic rings. The van der Waals surface area contributed by atoms with Crippen molar-refractivity contribution in [3.05, 3.63) is 57.9 Å². The van der Waals surface area contributed by atoms with Crippen LogP contribution in [0.1, 0.15) is 53.0 Å². The lowest BCUT2D eigenvalue weighted by Gasteiger charge is -2.23. The van der Waals surface area contributed by atoms with E-state index in [1.807, 2.05) is 13.8 Å². The summed E-state index contributed by atoms with van der Waals surface area (Å²) in [5.74, 6) is 0. The number of nitrogens with zero attached hydrogens (tertiary/aromatic N) is 2. The number of hydrogen-bond acceptors (Lipinski definition) is 3. The molecule has 1 aromatic heterocycles.